The smallest absolute Gasteiger partial charge is 0.340 e. The maximum Gasteiger partial charge on any atom is 0.340 e. The number of hydrogen-bond acceptors (Lipinski definition) is 4. The minimum absolute atomic E-state index is 0.0123. The zero-order valence-electron chi connectivity index (χ0n) is 12.5. The van der Waals surface area contributed by atoms with Gasteiger partial charge in [0.1, 0.15) is 5.82 Å². The first-order valence-corrected chi connectivity index (χ1v) is 8.55. The Kier molecular flexibility index (Phi) is 6.06. The van der Waals surface area contributed by atoms with Crippen LogP contribution in [0.5, 0.6) is 0 Å². The Morgan fingerprint density at radius 1 is 1.38 bits per heavy atom. The molecule has 21 heavy (non-hydrogen) atoms. The van der Waals surface area contributed by atoms with Gasteiger partial charge in [0.2, 0.25) is 0 Å². The van der Waals surface area contributed by atoms with Gasteiger partial charge in [-0.1, -0.05) is 6.07 Å². The van der Waals surface area contributed by atoms with E-state index in [0.717, 1.165) is 10.8 Å². The summed E-state index contributed by atoms with van der Waals surface area (Å²) < 4.78 is 18.4. The van der Waals surface area contributed by atoms with Crippen LogP contribution in [0, 0.1) is 5.82 Å². The molecule has 0 radical (unpaired) electrons. The molecule has 1 N–H and O–H groups in total. The topological polar surface area (TPSA) is 38.3 Å². The van der Waals surface area contributed by atoms with E-state index in [-0.39, 0.29) is 5.56 Å². The number of rotatable bonds is 5. The molecule has 0 heterocycles. The van der Waals surface area contributed by atoms with Crippen molar-refractivity contribution < 1.29 is 13.9 Å². The molecule has 0 spiro atoms. The first-order valence-electron chi connectivity index (χ1n) is 7.27. The number of benzene rings is 1. The van der Waals surface area contributed by atoms with Crippen molar-refractivity contribution in [1.82, 2.24) is 5.32 Å². The van der Waals surface area contributed by atoms with Crippen LogP contribution in [-0.4, -0.2) is 30.6 Å². The first-order chi connectivity index (χ1) is 10.1. The van der Waals surface area contributed by atoms with Gasteiger partial charge in [0.25, 0.3) is 0 Å². The summed E-state index contributed by atoms with van der Waals surface area (Å²) in [6.07, 6.45) is 7.01. The molecular weight excluding hydrogens is 289 g/mol. The van der Waals surface area contributed by atoms with E-state index in [1.807, 2.05) is 11.8 Å². The highest BCUT2D eigenvalue weighted by molar-refractivity contribution is 7.99. The number of hydrogen-bond donors (Lipinski definition) is 1. The Bertz CT molecular complexity index is 487. The van der Waals surface area contributed by atoms with Crippen molar-refractivity contribution in [2.75, 3.05) is 13.4 Å². The number of halogens is 1. The zero-order chi connectivity index (χ0) is 15.2. The molecule has 1 aromatic rings. The largest absolute Gasteiger partial charge is 0.465 e. The van der Waals surface area contributed by atoms with Gasteiger partial charge in [0.05, 0.1) is 12.7 Å². The van der Waals surface area contributed by atoms with E-state index in [1.165, 1.54) is 44.9 Å². The van der Waals surface area contributed by atoms with Crippen LogP contribution >= 0.6 is 11.8 Å². The third kappa shape index (κ3) is 4.45. The number of esters is 1. The summed E-state index contributed by atoms with van der Waals surface area (Å²) in [5.74, 6) is -1.16. The van der Waals surface area contributed by atoms with E-state index in [2.05, 4.69) is 16.3 Å². The Balaban J connectivity index is 1.86. The fourth-order valence-electron chi connectivity index (χ4n) is 2.71. The van der Waals surface area contributed by atoms with Gasteiger partial charge in [-0.3, -0.25) is 0 Å². The number of methoxy groups -OCH3 is 1. The lowest BCUT2D eigenvalue weighted by Crippen LogP contribution is -2.33. The molecule has 0 aromatic heterocycles. The van der Waals surface area contributed by atoms with Crippen molar-refractivity contribution >= 4 is 17.7 Å². The number of ether oxygens (including phenoxy) is 1. The summed E-state index contributed by atoms with van der Waals surface area (Å²) >= 11 is 1.95. The predicted octanol–water partition coefficient (Wildman–Crippen LogP) is 3.38. The standard InChI is InChI=1S/C16H22FNO2S/c1-20-16(19)14-8-3-11(9-15(14)17)10-18-12-4-6-13(21-2)7-5-12/h3,8-9,12-13,18H,4-7,10H2,1-2H3. The quantitative estimate of drug-likeness (QED) is 0.846. The zero-order valence-corrected chi connectivity index (χ0v) is 13.3. The van der Waals surface area contributed by atoms with E-state index < -0.39 is 11.8 Å². The lowest BCUT2D eigenvalue weighted by atomic mass is 9.95. The van der Waals surface area contributed by atoms with Crippen LogP contribution in [0.1, 0.15) is 41.6 Å². The summed E-state index contributed by atoms with van der Waals surface area (Å²) in [4.78, 5) is 11.3. The van der Waals surface area contributed by atoms with Crippen LogP contribution in [0.3, 0.4) is 0 Å². The summed E-state index contributed by atoms with van der Waals surface area (Å²) in [5, 5.41) is 4.27. The molecule has 0 saturated heterocycles. The minimum Gasteiger partial charge on any atom is -0.465 e. The van der Waals surface area contributed by atoms with Crippen LogP contribution in [0.15, 0.2) is 18.2 Å². The van der Waals surface area contributed by atoms with Crippen molar-refractivity contribution in [3.8, 4) is 0 Å². The molecule has 1 saturated carbocycles. The van der Waals surface area contributed by atoms with Gasteiger partial charge in [-0.2, -0.15) is 11.8 Å². The molecular formula is C16H22FNO2S. The summed E-state index contributed by atoms with van der Waals surface area (Å²) in [5.41, 5.74) is 0.842. The van der Waals surface area contributed by atoms with Gasteiger partial charge in [-0.25, -0.2) is 9.18 Å². The molecule has 0 atom stereocenters. The average Bonchev–Trinajstić information content (AvgIpc) is 2.52. The number of nitrogens with one attached hydrogen (secondary N) is 1. The van der Waals surface area contributed by atoms with Crippen molar-refractivity contribution in [2.45, 2.75) is 43.5 Å². The van der Waals surface area contributed by atoms with Crippen LogP contribution in [-0.2, 0) is 11.3 Å². The first kappa shape index (κ1) is 16.3. The summed E-state index contributed by atoms with van der Waals surface area (Å²) in [6, 6.07) is 5.18. The molecule has 1 aromatic carbocycles. The third-order valence-corrected chi connectivity index (χ3v) is 5.18. The highest BCUT2D eigenvalue weighted by Gasteiger charge is 2.20. The SMILES string of the molecule is COC(=O)c1ccc(CNC2CCC(SC)CC2)cc1F. The van der Waals surface area contributed by atoms with Gasteiger partial charge in [-0.15, -0.1) is 0 Å². The highest BCUT2D eigenvalue weighted by atomic mass is 32.2. The van der Waals surface area contributed by atoms with Crippen molar-refractivity contribution in [1.29, 1.82) is 0 Å². The lowest BCUT2D eigenvalue weighted by Gasteiger charge is -2.28. The van der Waals surface area contributed by atoms with Gasteiger partial charge in [-0.05, 0) is 49.6 Å². The van der Waals surface area contributed by atoms with Gasteiger partial charge in [0.15, 0.2) is 0 Å². The molecule has 0 unspecified atom stereocenters. The molecule has 1 aliphatic carbocycles. The second-order valence-electron chi connectivity index (χ2n) is 5.40. The molecule has 0 aliphatic heterocycles. The molecule has 1 fully saturated rings. The highest BCUT2D eigenvalue weighted by Crippen LogP contribution is 2.27. The third-order valence-electron chi connectivity index (χ3n) is 4.04. The van der Waals surface area contributed by atoms with Crippen LogP contribution in [0.4, 0.5) is 4.39 Å². The molecule has 0 amide bonds. The molecule has 116 valence electrons. The fourth-order valence-corrected chi connectivity index (χ4v) is 3.45. The molecule has 0 bridgehead atoms. The fraction of sp³-hybridized carbons (Fsp3) is 0.562. The van der Waals surface area contributed by atoms with E-state index in [4.69, 9.17) is 0 Å². The molecule has 2 rings (SSSR count). The Morgan fingerprint density at radius 2 is 2.10 bits per heavy atom. The van der Waals surface area contributed by atoms with Gasteiger partial charge < -0.3 is 10.1 Å². The van der Waals surface area contributed by atoms with Crippen molar-refractivity contribution in [2.24, 2.45) is 0 Å². The van der Waals surface area contributed by atoms with Crippen molar-refractivity contribution in [3.63, 3.8) is 0 Å². The normalized spacial score (nSPS) is 22.0. The van der Waals surface area contributed by atoms with Crippen molar-refractivity contribution in [3.05, 3.63) is 35.1 Å². The minimum atomic E-state index is -0.637. The van der Waals surface area contributed by atoms with E-state index >= 15 is 0 Å². The summed E-state index contributed by atoms with van der Waals surface area (Å²) in [6.45, 7) is 0.632. The monoisotopic (exact) mass is 311 g/mol. The van der Waals surface area contributed by atoms with Crippen LogP contribution in [0.25, 0.3) is 0 Å². The molecule has 5 heteroatoms. The number of carbonyl (C=O) groups excluding carboxylic acids is 1. The number of thioether (sulfide) groups is 1. The van der Waals surface area contributed by atoms with Gasteiger partial charge >= 0.3 is 5.97 Å². The molecule has 1 aliphatic rings. The molecule has 3 nitrogen and oxygen atoms in total. The Hall–Kier alpha value is -1.07. The second-order valence-corrected chi connectivity index (χ2v) is 6.53. The lowest BCUT2D eigenvalue weighted by molar-refractivity contribution is 0.0595. The average molecular weight is 311 g/mol. The maximum absolute atomic E-state index is 13.8. The predicted molar refractivity (Wildman–Crippen MR) is 84.1 cm³/mol. The van der Waals surface area contributed by atoms with Crippen LogP contribution < -0.4 is 5.32 Å². The number of carbonyl (C=O) groups is 1. The van der Waals surface area contributed by atoms with E-state index in [0.29, 0.717) is 12.6 Å². The van der Waals surface area contributed by atoms with E-state index in [1.54, 1.807) is 6.07 Å². The van der Waals surface area contributed by atoms with Gasteiger partial charge in [0, 0.05) is 17.8 Å². The van der Waals surface area contributed by atoms with E-state index in [9.17, 15) is 9.18 Å². The van der Waals surface area contributed by atoms with Crippen LogP contribution in [0.2, 0.25) is 0 Å². The summed E-state index contributed by atoms with van der Waals surface area (Å²) in [7, 11) is 1.25. The Labute approximate surface area is 129 Å². The Morgan fingerprint density at radius 3 is 2.67 bits per heavy atom. The second kappa shape index (κ2) is 7.80. The maximum atomic E-state index is 13.8.